The van der Waals surface area contributed by atoms with Crippen LogP contribution in [0.4, 0.5) is 0 Å². The molecule has 0 bridgehead atoms. The van der Waals surface area contributed by atoms with E-state index in [2.05, 4.69) is 147 Å². The van der Waals surface area contributed by atoms with E-state index in [0.29, 0.717) is 52.4 Å². The Balaban J connectivity index is 0.000000128. The third kappa shape index (κ3) is 14.0. The Bertz CT molecular complexity index is 4420. The van der Waals surface area contributed by atoms with Crippen LogP contribution in [-0.4, -0.2) is 59.8 Å². The number of aryl methyl sites for hydroxylation is 3. The van der Waals surface area contributed by atoms with Crippen molar-refractivity contribution in [3.05, 3.63) is 303 Å². The van der Waals surface area contributed by atoms with Gasteiger partial charge in [-0.05, 0) is 101 Å². The minimum atomic E-state index is 0.672. The van der Waals surface area contributed by atoms with Gasteiger partial charge in [-0.3, -0.25) is 15.0 Å². The van der Waals surface area contributed by atoms with Gasteiger partial charge in [0.2, 0.25) is 0 Å². The summed E-state index contributed by atoms with van der Waals surface area (Å²) in [4.78, 5) is 54.0. The van der Waals surface area contributed by atoms with Crippen molar-refractivity contribution in [1.82, 2.24) is 59.8 Å². The summed E-state index contributed by atoms with van der Waals surface area (Å²) >= 11 is 0. The second-order valence-electron chi connectivity index (χ2n) is 20.3. The van der Waals surface area contributed by atoms with Gasteiger partial charge >= 0.3 is 0 Å². The lowest BCUT2D eigenvalue weighted by Crippen LogP contribution is -1.99. The van der Waals surface area contributed by atoms with Gasteiger partial charge in [0, 0.05) is 70.6 Å². The van der Waals surface area contributed by atoms with E-state index in [1.54, 1.807) is 18.6 Å². The van der Waals surface area contributed by atoms with Gasteiger partial charge < -0.3 is 0 Å². The van der Waals surface area contributed by atoms with Crippen molar-refractivity contribution in [2.75, 3.05) is 0 Å². The smallest absolute Gasteiger partial charge is 0.163 e. The third-order valence-electron chi connectivity index (χ3n) is 14.2. The van der Waals surface area contributed by atoms with Crippen LogP contribution in [0.3, 0.4) is 0 Å². The van der Waals surface area contributed by atoms with Crippen molar-refractivity contribution in [1.29, 1.82) is 0 Å². The summed E-state index contributed by atoms with van der Waals surface area (Å²) in [5.74, 6) is 6.18. The monoisotopic (exact) mass is 1120 g/mol. The van der Waals surface area contributed by atoms with Gasteiger partial charge in [-0.25, -0.2) is 44.9 Å². The molecule has 0 aliphatic carbocycles. The Labute approximate surface area is 505 Å². The molecule has 0 atom stereocenters. The van der Waals surface area contributed by atoms with Gasteiger partial charge in [-0.15, -0.1) is 0 Å². The van der Waals surface area contributed by atoms with Gasteiger partial charge in [0.15, 0.2) is 34.9 Å². The molecule has 6 heterocycles. The Morgan fingerprint density at radius 2 is 0.391 bits per heavy atom. The highest BCUT2D eigenvalue weighted by atomic mass is 15.0. The summed E-state index contributed by atoms with van der Waals surface area (Å²) in [6.07, 6.45) is 10.9. The molecule has 14 aromatic rings. The van der Waals surface area contributed by atoms with Crippen molar-refractivity contribution in [3.8, 4) is 124 Å². The van der Waals surface area contributed by atoms with E-state index in [4.69, 9.17) is 9.97 Å². The molecule has 0 saturated carbocycles. The van der Waals surface area contributed by atoms with Crippen LogP contribution in [0, 0.1) is 20.8 Å². The molecule has 0 aliphatic rings. The van der Waals surface area contributed by atoms with Crippen LogP contribution >= 0.6 is 0 Å². The number of hydrogen-bond donors (Lipinski definition) is 0. The zero-order chi connectivity index (χ0) is 59.2. The highest BCUT2D eigenvalue weighted by molar-refractivity contribution is 5.74. The molecule has 0 unspecified atom stereocenters. The lowest BCUT2D eigenvalue weighted by Gasteiger charge is -2.08. The fourth-order valence-electron chi connectivity index (χ4n) is 9.75. The van der Waals surface area contributed by atoms with Gasteiger partial charge in [0.25, 0.3) is 0 Å². The average molecular weight is 1130 g/mol. The molecule has 0 fully saturated rings. The number of pyridine rings is 3. The van der Waals surface area contributed by atoms with Crippen LogP contribution in [0.5, 0.6) is 0 Å². The van der Waals surface area contributed by atoms with E-state index < -0.39 is 0 Å². The van der Waals surface area contributed by atoms with Gasteiger partial charge in [0.05, 0.1) is 0 Å². The standard InChI is InChI=1S/2C27H20N4.C21H16N4/c1-19-29-26(22-14-12-21(13-15-22)25-11-6-16-28-18-25)31-27(30-19)24-10-5-9-23(17-24)20-7-3-2-4-8-20;1-19-29-26(23-13-9-21(10-14-23)20-6-3-2-4-7-20)31-27(30-19)24-15-11-22(12-16-24)25-8-5-17-28-18-25;1-15-23-20(17-6-3-2-4-7-17)25-21(24-15)18-11-9-16(10-12-18)19-8-5-13-22-14-19/h2*2-18H,1H3;2-14H,1H3. The lowest BCUT2D eigenvalue weighted by atomic mass is 10.0. The maximum atomic E-state index is 4.78. The van der Waals surface area contributed by atoms with E-state index in [0.717, 1.165) is 72.3 Å². The predicted molar refractivity (Wildman–Crippen MR) is 347 cm³/mol. The maximum absolute atomic E-state index is 4.78. The lowest BCUT2D eigenvalue weighted by molar-refractivity contribution is 0.991. The topological polar surface area (TPSA) is 155 Å². The molecular weight excluding hydrogens is 1070 g/mol. The second kappa shape index (κ2) is 26.7. The van der Waals surface area contributed by atoms with E-state index in [1.807, 2.05) is 191 Å². The first-order valence-electron chi connectivity index (χ1n) is 28.4. The van der Waals surface area contributed by atoms with Crippen molar-refractivity contribution in [3.63, 3.8) is 0 Å². The minimum Gasteiger partial charge on any atom is -0.264 e. The molecule has 8 aromatic carbocycles. The molecule has 14 rings (SSSR count). The first-order valence-corrected chi connectivity index (χ1v) is 28.4. The molecule has 416 valence electrons. The molecule has 0 amide bonds. The van der Waals surface area contributed by atoms with Crippen molar-refractivity contribution >= 4 is 0 Å². The summed E-state index contributed by atoms with van der Waals surface area (Å²) in [5, 5.41) is 0. The molecule has 6 aromatic heterocycles. The average Bonchev–Trinajstić information content (AvgIpc) is 3.32. The number of hydrogen-bond acceptors (Lipinski definition) is 12. The summed E-state index contributed by atoms with van der Waals surface area (Å²) in [7, 11) is 0. The fraction of sp³-hybridized carbons (Fsp3) is 0.0400. The molecule has 12 nitrogen and oxygen atoms in total. The highest BCUT2D eigenvalue weighted by Crippen LogP contribution is 2.30. The SMILES string of the molecule is Cc1nc(-c2ccc(-c3ccccc3)cc2)nc(-c2ccc(-c3cccnc3)cc2)n1.Cc1nc(-c2ccc(-c3cccnc3)cc2)nc(-c2cccc(-c3ccccc3)c2)n1.Cc1nc(-c2ccccc2)nc(-c2ccc(-c3cccnc3)cc2)n1. The van der Waals surface area contributed by atoms with E-state index >= 15 is 0 Å². The molecule has 87 heavy (non-hydrogen) atoms. The minimum absolute atomic E-state index is 0.672. The molecule has 0 saturated heterocycles. The molecule has 0 spiro atoms. The van der Waals surface area contributed by atoms with Crippen LogP contribution in [0.15, 0.2) is 286 Å². The zero-order valence-corrected chi connectivity index (χ0v) is 48.0. The van der Waals surface area contributed by atoms with Crippen molar-refractivity contribution < 1.29 is 0 Å². The Hall–Kier alpha value is -11.8. The van der Waals surface area contributed by atoms with Crippen LogP contribution in [0.1, 0.15) is 17.5 Å². The molecule has 0 radical (unpaired) electrons. The fourth-order valence-corrected chi connectivity index (χ4v) is 9.75. The maximum Gasteiger partial charge on any atom is 0.163 e. The molecular formula is C75H56N12. The number of nitrogens with zero attached hydrogens (tertiary/aromatic N) is 12. The third-order valence-corrected chi connectivity index (χ3v) is 14.2. The van der Waals surface area contributed by atoms with Crippen LogP contribution < -0.4 is 0 Å². The van der Waals surface area contributed by atoms with Gasteiger partial charge in [-0.2, -0.15) is 0 Å². The summed E-state index contributed by atoms with van der Waals surface area (Å²) in [5.41, 5.74) is 17.1. The summed E-state index contributed by atoms with van der Waals surface area (Å²) in [6.45, 7) is 5.69. The Kier molecular flexibility index (Phi) is 17.1. The Morgan fingerprint density at radius 3 is 0.701 bits per heavy atom. The predicted octanol–water partition coefficient (Wildman–Crippen LogP) is 17.1. The first-order chi connectivity index (χ1) is 42.8. The second-order valence-corrected chi connectivity index (χ2v) is 20.3. The normalized spacial score (nSPS) is 10.7. The first kappa shape index (κ1) is 55.8. The largest absolute Gasteiger partial charge is 0.264 e. The number of benzene rings is 8. The Morgan fingerprint density at radius 1 is 0.172 bits per heavy atom. The van der Waals surface area contributed by atoms with Crippen molar-refractivity contribution in [2.45, 2.75) is 20.8 Å². The van der Waals surface area contributed by atoms with Gasteiger partial charge in [-0.1, -0.05) is 224 Å². The molecule has 0 aliphatic heterocycles. The summed E-state index contributed by atoms with van der Waals surface area (Å²) < 4.78 is 0. The quantitative estimate of drug-likeness (QED) is 0.121. The zero-order valence-electron chi connectivity index (χ0n) is 48.0. The number of rotatable bonds is 11. The van der Waals surface area contributed by atoms with Crippen LogP contribution in [0.25, 0.3) is 124 Å². The van der Waals surface area contributed by atoms with Crippen LogP contribution in [0.2, 0.25) is 0 Å². The van der Waals surface area contributed by atoms with E-state index in [-0.39, 0.29) is 0 Å². The van der Waals surface area contributed by atoms with Crippen LogP contribution in [-0.2, 0) is 0 Å². The molecule has 0 N–H and O–H groups in total. The molecule has 12 heteroatoms. The van der Waals surface area contributed by atoms with Gasteiger partial charge in [0.1, 0.15) is 17.5 Å². The number of aromatic nitrogens is 12. The van der Waals surface area contributed by atoms with Crippen molar-refractivity contribution in [2.24, 2.45) is 0 Å². The van der Waals surface area contributed by atoms with E-state index in [9.17, 15) is 0 Å². The summed E-state index contributed by atoms with van der Waals surface area (Å²) in [6, 6.07) is 83.8. The highest BCUT2D eigenvalue weighted by Gasteiger charge is 2.14. The van der Waals surface area contributed by atoms with E-state index in [1.165, 1.54) is 16.7 Å².